The minimum absolute atomic E-state index is 0.155. The molecule has 0 unspecified atom stereocenters. The number of anilines is 1. The average molecular weight is 378 g/mol. The molecule has 0 saturated heterocycles. The number of hydrogen-bond donors (Lipinski definition) is 0. The van der Waals surface area contributed by atoms with Gasteiger partial charge in [-0.25, -0.2) is 12.8 Å². The van der Waals surface area contributed by atoms with Gasteiger partial charge in [-0.05, 0) is 43.2 Å². The zero-order chi connectivity index (χ0) is 19.2. The number of para-hydroxylation sites is 1. The highest BCUT2D eigenvalue weighted by atomic mass is 32.2. The van der Waals surface area contributed by atoms with Crippen molar-refractivity contribution < 1.29 is 17.6 Å². The lowest BCUT2D eigenvalue weighted by atomic mass is 10.1. The number of sulfonamides is 1. The van der Waals surface area contributed by atoms with E-state index in [9.17, 15) is 17.6 Å². The predicted octanol–water partition coefficient (Wildman–Crippen LogP) is 2.68. The molecular formula is C19H23FN2O3S. The molecule has 0 atom stereocenters. The zero-order valence-electron chi connectivity index (χ0n) is 14.9. The third-order valence-corrected chi connectivity index (χ3v) is 5.28. The lowest BCUT2D eigenvalue weighted by Gasteiger charge is -2.25. The molecule has 0 aliphatic heterocycles. The standard InChI is InChI=1S/C19H23FN2O3S/c1-3-22(18-7-5-4-6-8-18)19(23)15-21(26(2,24)25)14-13-16-9-11-17(20)12-10-16/h4-12H,3,13-15H2,1-2H3. The molecule has 140 valence electrons. The first-order valence-corrected chi connectivity index (χ1v) is 10.2. The Labute approximate surface area is 154 Å². The van der Waals surface area contributed by atoms with Crippen LogP contribution in [-0.2, 0) is 21.2 Å². The lowest BCUT2D eigenvalue weighted by molar-refractivity contribution is -0.118. The first kappa shape index (κ1) is 20.1. The van der Waals surface area contributed by atoms with Crippen LogP contribution >= 0.6 is 0 Å². The summed E-state index contributed by atoms with van der Waals surface area (Å²) in [7, 11) is -3.55. The van der Waals surface area contributed by atoms with Gasteiger partial charge in [0, 0.05) is 18.8 Å². The molecule has 2 aromatic carbocycles. The van der Waals surface area contributed by atoms with Crippen molar-refractivity contribution >= 4 is 21.6 Å². The molecule has 5 nitrogen and oxygen atoms in total. The SMILES string of the molecule is CCN(C(=O)CN(CCc1ccc(F)cc1)S(C)(=O)=O)c1ccccc1. The Morgan fingerprint density at radius 1 is 1.04 bits per heavy atom. The van der Waals surface area contributed by atoms with E-state index in [-0.39, 0.29) is 24.8 Å². The fourth-order valence-corrected chi connectivity index (χ4v) is 3.38. The van der Waals surface area contributed by atoms with E-state index in [1.165, 1.54) is 12.1 Å². The molecule has 0 aliphatic rings. The Morgan fingerprint density at radius 2 is 1.65 bits per heavy atom. The number of benzene rings is 2. The molecule has 0 N–H and O–H groups in total. The van der Waals surface area contributed by atoms with Crippen LogP contribution in [0.4, 0.5) is 10.1 Å². The van der Waals surface area contributed by atoms with Crippen LogP contribution in [-0.4, -0.2) is 44.5 Å². The fourth-order valence-electron chi connectivity index (χ4n) is 2.61. The summed E-state index contributed by atoms with van der Waals surface area (Å²) < 4.78 is 38.3. The first-order valence-electron chi connectivity index (χ1n) is 8.36. The number of hydrogen-bond acceptors (Lipinski definition) is 3. The van der Waals surface area contributed by atoms with Gasteiger partial charge in [0.1, 0.15) is 5.82 Å². The molecular weight excluding hydrogens is 355 g/mol. The van der Waals surface area contributed by atoms with E-state index in [4.69, 9.17) is 0 Å². The maximum absolute atomic E-state index is 13.0. The van der Waals surface area contributed by atoms with Crippen LogP contribution in [0.5, 0.6) is 0 Å². The smallest absolute Gasteiger partial charge is 0.242 e. The molecule has 0 radical (unpaired) electrons. The average Bonchev–Trinajstić information content (AvgIpc) is 2.60. The van der Waals surface area contributed by atoms with E-state index >= 15 is 0 Å². The highest BCUT2D eigenvalue weighted by Crippen LogP contribution is 2.14. The van der Waals surface area contributed by atoms with Crippen molar-refractivity contribution in [2.75, 3.05) is 30.8 Å². The van der Waals surface area contributed by atoms with Crippen molar-refractivity contribution in [3.63, 3.8) is 0 Å². The third kappa shape index (κ3) is 5.64. The third-order valence-electron chi connectivity index (χ3n) is 4.03. The zero-order valence-corrected chi connectivity index (χ0v) is 15.7. The second kappa shape index (κ2) is 8.91. The molecule has 2 rings (SSSR count). The van der Waals surface area contributed by atoms with E-state index in [0.29, 0.717) is 13.0 Å². The van der Waals surface area contributed by atoms with Gasteiger partial charge in [-0.2, -0.15) is 4.31 Å². The second-order valence-corrected chi connectivity index (χ2v) is 7.93. The van der Waals surface area contributed by atoms with E-state index in [1.54, 1.807) is 17.0 Å². The highest BCUT2D eigenvalue weighted by molar-refractivity contribution is 7.88. The number of halogens is 1. The summed E-state index contributed by atoms with van der Waals surface area (Å²) in [5.41, 5.74) is 1.54. The first-order chi connectivity index (χ1) is 12.3. The molecule has 0 fully saturated rings. The molecule has 0 spiro atoms. The van der Waals surface area contributed by atoms with E-state index in [0.717, 1.165) is 21.8 Å². The molecule has 0 bridgehead atoms. The highest BCUT2D eigenvalue weighted by Gasteiger charge is 2.23. The number of carbonyl (C=O) groups excluding carboxylic acids is 1. The van der Waals surface area contributed by atoms with Crippen molar-refractivity contribution in [3.8, 4) is 0 Å². The Kier molecular flexibility index (Phi) is 6.88. The van der Waals surface area contributed by atoms with Gasteiger partial charge in [0.25, 0.3) is 0 Å². The van der Waals surface area contributed by atoms with Gasteiger partial charge in [-0.15, -0.1) is 0 Å². The van der Waals surface area contributed by atoms with Crippen LogP contribution in [0.15, 0.2) is 54.6 Å². The van der Waals surface area contributed by atoms with E-state index in [1.807, 2.05) is 37.3 Å². The van der Waals surface area contributed by atoms with Gasteiger partial charge in [0.05, 0.1) is 12.8 Å². The van der Waals surface area contributed by atoms with Crippen molar-refractivity contribution in [1.29, 1.82) is 0 Å². The van der Waals surface area contributed by atoms with E-state index in [2.05, 4.69) is 0 Å². The van der Waals surface area contributed by atoms with Gasteiger partial charge >= 0.3 is 0 Å². The summed E-state index contributed by atoms with van der Waals surface area (Å²) in [5, 5.41) is 0. The largest absolute Gasteiger partial charge is 0.312 e. The van der Waals surface area contributed by atoms with Gasteiger partial charge in [-0.3, -0.25) is 4.79 Å². The summed E-state index contributed by atoms with van der Waals surface area (Å²) in [6.45, 7) is 2.21. The normalized spacial score (nSPS) is 11.5. The lowest BCUT2D eigenvalue weighted by Crippen LogP contribution is -2.43. The van der Waals surface area contributed by atoms with Crippen LogP contribution in [0.1, 0.15) is 12.5 Å². The van der Waals surface area contributed by atoms with Crippen LogP contribution in [0, 0.1) is 5.82 Å². The summed E-state index contributed by atoms with van der Waals surface area (Å²) in [5.74, 6) is -0.631. The molecule has 2 aromatic rings. The van der Waals surface area contributed by atoms with Crippen molar-refractivity contribution in [2.45, 2.75) is 13.3 Å². The molecule has 0 aromatic heterocycles. The molecule has 0 saturated carbocycles. The minimum Gasteiger partial charge on any atom is -0.312 e. The van der Waals surface area contributed by atoms with Gasteiger partial charge in [0.15, 0.2) is 0 Å². The molecule has 0 heterocycles. The van der Waals surface area contributed by atoms with Crippen LogP contribution in [0.3, 0.4) is 0 Å². The van der Waals surface area contributed by atoms with Crippen LogP contribution in [0.2, 0.25) is 0 Å². The number of amides is 1. The number of rotatable bonds is 8. The number of likely N-dealkylation sites (N-methyl/N-ethyl adjacent to an activating group) is 1. The predicted molar refractivity (Wildman–Crippen MR) is 101 cm³/mol. The van der Waals surface area contributed by atoms with Gasteiger partial charge < -0.3 is 4.90 Å². The Hall–Kier alpha value is -2.25. The number of nitrogens with zero attached hydrogens (tertiary/aromatic N) is 2. The summed E-state index contributed by atoms with van der Waals surface area (Å²) in [4.78, 5) is 14.2. The van der Waals surface area contributed by atoms with E-state index < -0.39 is 10.0 Å². The summed E-state index contributed by atoms with van der Waals surface area (Å²) in [6.07, 6.45) is 1.49. The Bertz CT molecular complexity index is 824. The molecule has 26 heavy (non-hydrogen) atoms. The fraction of sp³-hybridized carbons (Fsp3) is 0.316. The molecule has 1 amide bonds. The summed E-state index contributed by atoms with van der Waals surface area (Å²) >= 11 is 0. The van der Waals surface area contributed by atoms with Gasteiger partial charge in [-0.1, -0.05) is 30.3 Å². The summed E-state index contributed by atoms with van der Waals surface area (Å²) in [6, 6.07) is 15.0. The van der Waals surface area contributed by atoms with Crippen LogP contribution < -0.4 is 4.90 Å². The van der Waals surface area contributed by atoms with Crippen molar-refractivity contribution in [3.05, 3.63) is 66.0 Å². The van der Waals surface area contributed by atoms with Gasteiger partial charge in [0.2, 0.25) is 15.9 Å². The minimum atomic E-state index is -3.55. The monoisotopic (exact) mass is 378 g/mol. The molecule has 0 aliphatic carbocycles. The Balaban J connectivity index is 2.09. The van der Waals surface area contributed by atoms with Crippen LogP contribution in [0.25, 0.3) is 0 Å². The van der Waals surface area contributed by atoms with Crippen molar-refractivity contribution in [2.24, 2.45) is 0 Å². The maximum Gasteiger partial charge on any atom is 0.242 e. The topological polar surface area (TPSA) is 57.7 Å². The second-order valence-electron chi connectivity index (χ2n) is 5.95. The quantitative estimate of drug-likeness (QED) is 0.710. The van der Waals surface area contributed by atoms with Crippen molar-refractivity contribution in [1.82, 2.24) is 4.31 Å². The maximum atomic E-state index is 13.0. The number of carbonyl (C=O) groups is 1. The molecule has 7 heteroatoms. The Morgan fingerprint density at radius 3 is 2.19 bits per heavy atom.